The van der Waals surface area contributed by atoms with E-state index < -0.39 is 0 Å². The molecule has 0 atom stereocenters. The molecule has 0 saturated heterocycles. The lowest BCUT2D eigenvalue weighted by Gasteiger charge is -2.34. The van der Waals surface area contributed by atoms with Crippen molar-refractivity contribution in [1.29, 1.82) is 0 Å². The van der Waals surface area contributed by atoms with Crippen molar-refractivity contribution in [3.05, 3.63) is 127 Å². The van der Waals surface area contributed by atoms with Crippen molar-refractivity contribution in [2.24, 2.45) is 0 Å². The second-order valence-corrected chi connectivity index (χ2v) is 10.7. The van der Waals surface area contributed by atoms with Crippen LogP contribution in [0.2, 0.25) is 0 Å². The minimum absolute atomic E-state index is 0.149. The molecule has 0 radical (unpaired) electrons. The average molecular weight is 488 g/mol. The molecule has 0 bridgehead atoms. The van der Waals surface area contributed by atoms with Crippen molar-refractivity contribution in [2.75, 3.05) is 0 Å². The van der Waals surface area contributed by atoms with E-state index in [9.17, 15) is 0 Å². The van der Waals surface area contributed by atoms with Crippen LogP contribution in [-0.4, -0.2) is 14.5 Å². The largest absolute Gasteiger partial charge is 0.293 e. The SMILES string of the molecule is CC1(C)c2ccccc2-n2c3ncccc3c3cc(-c4cccc(-c5nccc6ccccc56)c4)cc1c32. The number of aromatic nitrogens is 3. The first-order valence-corrected chi connectivity index (χ1v) is 13.1. The molecule has 0 aliphatic carbocycles. The standard InChI is InChI=1S/C35H25N3/c1-35(2)29-14-5-6-15-31(29)38-33-28(27-13-8-17-37-34(27)38)20-25(21-30(33)35)23-10-7-11-24(19-23)32-26-12-4-3-9-22(26)16-18-36-32/h3-21H,1-2H3. The third kappa shape index (κ3) is 2.84. The van der Waals surface area contributed by atoms with Gasteiger partial charge in [0.15, 0.2) is 0 Å². The van der Waals surface area contributed by atoms with Gasteiger partial charge in [-0.15, -0.1) is 0 Å². The van der Waals surface area contributed by atoms with Crippen LogP contribution >= 0.6 is 0 Å². The van der Waals surface area contributed by atoms with Gasteiger partial charge in [0.2, 0.25) is 0 Å². The molecular weight excluding hydrogens is 462 g/mol. The van der Waals surface area contributed by atoms with Gasteiger partial charge in [-0.05, 0) is 70.1 Å². The van der Waals surface area contributed by atoms with Crippen LogP contribution in [0.5, 0.6) is 0 Å². The minimum atomic E-state index is -0.149. The van der Waals surface area contributed by atoms with E-state index in [1.54, 1.807) is 0 Å². The monoisotopic (exact) mass is 487 g/mol. The molecule has 0 unspecified atom stereocenters. The number of benzene rings is 4. The lowest BCUT2D eigenvalue weighted by Crippen LogP contribution is -2.26. The van der Waals surface area contributed by atoms with E-state index in [0.29, 0.717) is 0 Å². The quantitative estimate of drug-likeness (QED) is 0.244. The van der Waals surface area contributed by atoms with Gasteiger partial charge in [0.25, 0.3) is 0 Å². The van der Waals surface area contributed by atoms with E-state index in [1.807, 2.05) is 18.5 Å². The van der Waals surface area contributed by atoms with Gasteiger partial charge in [-0.25, -0.2) is 4.98 Å². The fourth-order valence-electron chi connectivity index (χ4n) is 6.39. The number of hydrogen-bond acceptors (Lipinski definition) is 2. The highest BCUT2D eigenvalue weighted by Gasteiger charge is 2.35. The third-order valence-electron chi connectivity index (χ3n) is 8.26. The summed E-state index contributed by atoms with van der Waals surface area (Å²) < 4.78 is 2.36. The Morgan fingerprint density at radius 2 is 1.39 bits per heavy atom. The van der Waals surface area contributed by atoms with Gasteiger partial charge in [-0.3, -0.25) is 9.55 Å². The molecule has 0 saturated carbocycles. The van der Waals surface area contributed by atoms with Crippen molar-refractivity contribution in [3.63, 3.8) is 0 Å². The molecule has 3 nitrogen and oxygen atoms in total. The van der Waals surface area contributed by atoms with Crippen LogP contribution < -0.4 is 0 Å². The molecule has 0 fully saturated rings. The minimum Gasteiger partial charge on any atom is -0.293 e. The molecule has 0 amide bonds. The number of rotatable bonds is 2. The number of nitrogens with zero attached hydrogens (tertiary/aromatic N) is 3. The molecule has 0 N–H and O–H groups in total. The Hall–Kier alpha value is -4.76. The van der Waals surface area contributed by atoms with Crippen molar-refractivity contribution < 1.29 is 0 Å². The summed E-state index contributed by atoms with van der Waals surface area (Å²) in [6.45, 7) is 4.69. The lowest BCUT2D eigenvalue weighted by molar-refractivity contribution is 0.630. The number of pyridine rings is 2. The van der Waals surface area contributed by atoms with Gasteiger partial charge in [0.1, 0.15) is 5.65 Å². The molecule has 1 aliphatic rings. The van der Waals surface area contributed by atoms with Gasteiger partial charge in [-0.2, -0.15) is 0 Å². The average Bonchev–Trinajstić information content (AvgIpc) is 3.30. The fraction of sp³-hybridized carbons (Fsp3) is 0.0857. The Labute approximate surface area is 221 Å². The molecule has 1 aliphatic heterocycles. The predicted octanol–water partition coefficient (Wildman–Crippen LogP) is 8.70. The highest BCUT2D eigenvalue weighted by atomic mass is 15.1. The second kappa shape index (κ2) is 7.62. The van der Waals surface area contributed by atoms with Gasteiger partial charge < -0.3 is 0 Å². The van der Waals surface area contributed by atoms with Crippen LogP contribution in [0.3, 0.4) is 0 Å². The zero-order valence-corrected chi connectivity index (χ0v) is 21.3. The molecule has 3 aromatic heterocycles. The van der Waals surface area contributed by atoms with Gasteiger partial charge in [-0.1, -0.05) is 74.5 Å². The Kier molecular flexibility index (Phi) is 4.28. The van der Waals surface area contributed by atoms with Crippen LogP contribution in [-0.2, 0) is 5.41 Å². The summed E-state index contributed by atoms with van der Waals surface area (Å²) in [7, 11) is 0. The lowest BCUT2D eigenvalue weighted by atomic mass is 9.74. The normalized spacial score (nSPS) is 13.7. The van der Waals surface area contributed by atoms with Crippen LogP contribution in [0.15, 0.2) is 116 Å². The summed E-state index contributed by atoms with van der Waals surface area (Å²) in [5, 5.41) is 4.81. The summed E-state index contributed by atoms with van der Waals surface area (Å²) in [6.07, 6.45) is 3.80. The maximum atomic E-state index is 4.85. The summed E-state index contributed by atoms with van der Waals surface area (Å²) in [5.74, 6) is 0. The Morgan fingerprint density at radius 1 is 0.579 bits per heavy atom. The van der Waals surface area contributed by atoms with E-state index in [4.69, 9.17) is 9.97 Å². The fourth-order valence-corrected chi connectivity index (χ4v) is 6.39. The Bertz CT molecular complexity index is 2060. The maximum Gasteiger partial charge on any atom is 0.145 e. The second-order valence-electron chi connectivity index (χ2n) is 10.7. The van der Waals surface area contributed by atoms with Crippen molar-refractivity contribution in [1.82, 2.24) is 14.5 Å². The molecule has 38 heavy (non-hydrogen) atoms. The third-order valence-corrected chi connectivity index (χ3v) is 8.26. The molecule has 3 heteroatoms. The molecule has 8 rings (SSSR count). The first-order valence-electron chi connectivity index (χ1n) is 13.1. The van der Waals surface area contributed by atoms with E-state index in [2.05, 4.69) is 115 Å². The number of fused-ring (bicyclic) bond motifs is 6. The highest BCUT2D eigenvalue weighted by Crippen LogP contribution is 2.48. The summed E-state index contributed by atoms with van der Waals surface area (Å²) in [4.78, 5) is 9.64. The predicted molar refractivity (Wildman–Crippen MR) is 157 cm³/mol. The summed E-state index contributed by atoms with van der Waals surface area (Å²) in [6, 6.07) is 37.1. The first kappa shape index (κ1) is 21.3. The summed E-state index contributed by atoms with van der Waals surface area (Å²) in [5.41, 5.74) is 10.5. The van der Waals surface area contributed by atoms with Gasteiger partial charge in [0, 0.05) is 39.5 Å². The zero-order valence-electron chi connectivity index (χ0n) is 21.3. The molecule has 4 aromatic carbocycles. The molecule has 0 spiro atoms. The van der Waals surface area contributed by atoms with Crippen LogP contribution in [0.1, 0.15) is 25.0 Å². The highest BCUT2D eigenvalue weighted by molar-refractivity contribution is 6.11. The Morgan fingerprint density at radius 3 is 2.34 bits per heavy atom. The number of hydrogen-bond donors (Lipinski definition) is 0. The van der Waals surface area contributed by atoms with Crippen LogP contribution in [0.25, 0.3) is 60.8 Å². The molecule has 4 heterocycles. The van der Waals surface area contributed by atoms with E-state index in [1.165, 1.54) is 55.0 Å². The smallest absolute Gasteiger partial charge is 0.145 e. The molecule has 180 valence electrons. The van der Waals surface area contributed by atoms with E-state index >= 15 is 0 Å². The van der Waals surface area contributed by atoms with Crippen LogP contribution in [0.4, 0.5) is 0 Å². The van der Waals surface area contributed by atoms with E-state index in [0.717, 1.165) is 16.9 Å². The Balaban J connectivity index is 1.42. The van der Waals surface area contributed by atoms with Gasteiger partial charge >= 0.3 is 0 Å². The topological polar surface area (TPSA) is 30.7 Å². The van der Waals surface area contributed by atoms with Crippen molar-refractivity contribution in [3.8, 4) is 28.1 Å². The van der Waals surface area contributed by atoms with Crippen molar-refractivity contribution in [2.45, 2.75) is 19.3 Å². The zero-order chi connectivity index (χ0) is 25.4. The van der Waals surface area contributed by atoms with Gasteiger partial charge in [0.05, 0.1) is 16.9 Å². The molecular formula is C35H25N3. The van der Waals surface area contributed by atoms with Crippen LogP contribution in [0, 0.1) is 0 Å². The summed E-state index contributed by atoms with van der Waals surface area (Å²) >= 11 is 0. The van der Waals surface area contributed by atoms with Crippen molar-refractivity contribution >= 4 is 32.7 Å². The van der Waals surface area contributed by atoms with E-state index in [-0.39, 0.29) is 5.41 Å². The number of para-hydroxylation sites is 1. The molecule has 7 aromatic rings. The maximum absolute atomic E-state index is 4.85. The first-order chi connectivity index (χ1) is 18.6.